The van der Waals surface area contributed by atoms with E-state index in [2.05, 4.69) is 30.1 Å². The van der Waals surface area contributed by atoms with Crippen LogP contribution in [0.2, 0.25) is 5.02 Å². The minimum Gasteiger partial charge on any atom is -0.395 e. The van der Waals surface area contributed by atoms with Crippen LogP contribution in [0, 0.1) is 0 Å². The molecule has 0 amide bonds. The van der Waals surface area contributed by atoms with Crippen molar-refractivity contribution < 1.29 is 5.11 Å². The normalized spacial score (nSPS) is 15.4. The molecule has 0 unspecified atom stereocenters. The molecule has 4 heteroatoms. The second kappa shape index (κ2) is 7.30. The maximum absolute atomic E-state index is 9.35. The smallest absolute Gasteiger partial charge is 0.0606 e. The summed E-state index contributed by atoms with van der Waals surface area (Å²) in [6.45, 7) is 5.97. The Bertz CT molecular complexity index is 432. The van der Waals surface area contributed by atoms with Crippen molar-refractivity contribution in [2.75, 3.05) is 18.1 Å². The van der Waals surface area contributed by atoms with Crippen LogP contribution in [0.25, 0.3) is 0 Å². The summed E-state index contributed by atoms with van der Waals surface area (Å²) >= 11 is 6.15. The Balaban J connectivity index is 2.22. The summed E-state index contributed by atoms with van der Waals surface area (Å²) in [4.78, 5) is 2.34. The second-order valence-electron chi connectivity index (χ2n) is 5.81. The summed E-state index contributed by atoms with van der Waals surface area (Å²) < 4.78 is 0. The molecule has 0 radical (unpaired) electrons. The molecule has 1 aromatic rings. The van der Waals surface area contributed by atoms with Gasteiger partial charge in [0.1, 0.15) is 0 Å². The zero-order valence-electron chi connectivity index (χ0n) is 12.4. The molecule has 0 aromatic heterocycles. The van der Waals surface area contributed by atoms with E-state index in [0.29, 0.717) is 18.6 Å². The lowest BCUT2D eigenvalue weighted by Crippen LogP contribution is -2.42. The van der Waals surface area contributed by atoms with Crippen LogP contribution >= 0.6 is 11.6 Å². The number of halogens is 1. The number of nitrogens with one attached hydrogen (secondary N) is 1. The first-order valence-corrected chi connectivity index (χ1v) is 7.89. The molecule has 0 heterocycles. The highest BCUT2D eigenvalue weighted by atomic mass is 35.5. The third kappa shape index (κ3) is 3.87. The van der Waals surface area contributed by atoms with Crippen molar-refractivity contribution in [1.29, 1.82) is 0 Å². The predicted molar refractivity (Wildman–Crippen MR) is 85.5 cm³/mol. The highest BCUT2D eigenvalue weighted by Gasteiger charge is 2.26. The minimum absolute atomic E-state index is 0.191. The number of nitrogens with zero attached hydrogens (tertiary/aromatic N) is 1. The topological polar surface area (TPSA) is 35.5 Å². The molecular weight excluding hydrogens is 272 g/mol. The van der Waals surface area contributed by atoms with Crippen LogP contribution in [-0.2, 0) is 6.54 Å². The number of aliphatic hydroxyl groups excluding tert-OH is 1. The summed E-state index contributed by atoms with van der Waals surface area (Å²) in [6.07, 6.45) is 3.74. The Hall–Kier alpha value is -0.770. The van der Waals surface area contributed by atoms with Gasteiger partial charge in [-0.15, -0.1) is 0 Å². The molecule has 20 heavy (non-hydrogen) atoms. The predicted octanol–water partition coefficient (Wildman–Crippen LogP) is 3.19. The number of anilines is 1. The van der Waals surface area contributed by atoms with Gasteiger partial charge in [0, 0.05) is 35.9 Å². The van der Waals surface area contributed by atoms with Crippen molar-refractivity contribution >= 4 is 17.3 Å². The van der Waals surface area contributed by atoms with Gasteiger partial charge in [0.2, 0.25) is 0 Å². The van der Waals surface area contributed by atoms with Crippen molar-refractivity contribution in [3.05, 3.63) is 28.8 Å². The van der Waals surface area contributed by atoms with Gasteiger partial charge in [0.25, 0.3) is 0 Å². The Morgan fingerprint density at radius 1 is 1.40 bits per heavy atom. The van der Waals surface area contributed by atoms with Crippen molar-refractivity contribution in [2.24, 2.45) is 0 Å². The van der Waals surface area contributed by atoms with Crippen LogP contribution in [0.3, 0.4) is 0 Å². The molecule has 2 N–H and O–H groups in total. The van der Waals surface area contributed by atoms with Crippen LogP contribution in [0.1, 0.15) is 38.7 Å². The van der Waals surface area contributed by atoms with Crippen LogP contribution < -0.4 is 10.2 Å². The van der Waals surface area contributed by atoms with Gasteiger partial charge in [0.05, 0.1) is 6.61 Å². The number of hydrogen-bond donors (Lipinski definition) is 2. The standard InChI is InChI=1S/C16H25ClN2O/c1-12(2)18-11-13-10-14(17)6-7-16(13)19(8-9-20)15-4-3-5-15/h6-7,10,12,15,18,20H,3-5,8-9,11H2,1-2H3. The molecule has 0 aliphatic heterocycles. The first-order valence-electron chi connectivity index (χ1n) is 7.51. The fourth-order valence-electron chi connectivity index (χ4n) is 2.60. The lowest BCUT2D eigenvalue weighted by Gasteiger charge is -2.40. The van der Waals surface area contributed by atoms with Gasteiger partial charge in [-0.05, 0) is 43.0 Å². The lowest BCUT2D eigenvalue weighted by atomic mass is 9.90. The molecule has 1 aliphatic carbocycles. The average Bonchev–Trinajstić information content (AvgIpc) is 2.34. The second-order valence-corrected chi connectivity index (χ2v) is 6.25. The van der Waals surface area contributed by atoms with Crippen LogP contribution in [0.5, 0.6) is 0 Å². The molecule has 2 rings (SSSR count). The zero-order valence-corrected chi connectivity index (χ0v) is 13.2. The molecular formula is C16H25ClN2O. The number of aliphatic hydroxyl groups is 1. The van der Waals surface area contributed by atoms with Gasteiger partial charge in [-0.1, -0.05) is 25.4 Å². The summed E-state index contributed by atoms with van der Waals surface area (Å²) in [5, 5.41) is 13.6. The minimum atomic E-state index is 0.191. The molecule has 0 bridgehead atoms. The average molecular weight is 297 g/mol. The number of benzene rings is 1. The van der Waals surface area contributed by atoms with E-state index in [9.17, 15) is 5.11 Å². The fraction of sp³-hybridized carbons (Fsp3) is 0.625. The first kappa shape index (κ1) is 15.6. The maximum atomic E-state index is 9.35. The van der Waals surface area contributed by atoms with Crippen molar-refractivity contribution in [3.8, 4) is 0 Å². The Morgan fingerprint density at radius 3 is 2.70 bits per heavy atom. The third-order valence-electron chi connectivity index (χ3n) is 3.91. The molecule has 0 spiro atoms. The summed E-state index contributed by atoms with van der Waals surface area (Å²) in [7, 11) is 0. The molecule has 3 nitrogen and oxygen atoms in total. The fourth-order valence-corrected chi connectivity index (χ4v) is 2.79. The van der Waals surface area contributed by atoms with Gasteiger partial charge >= 0.3 is 0 Å². The van der Waals surface area contributed by atoms with Gasteiger partial charge in [-0.2, -0.15) is 0 Å². The SMILES string of the molecule is CC(C)NCc1cc(Cl)ccc1N(CCO)C1CCC1. The van der Waals surface area contributed by atoms with E-state index in [1.165, 1.54) is 30.5 Å². The summed E-state index contributed by atoms with van der Waals surface area (Å²) in [6, 6.07) is 7.08. The highest BCUT2D eigenvalue weighted by molar-refractivity contribution is 6.30. The Kier molecular flexibility index (Phi) is 5.70. The Labute approximate surface area is 126 Å². The van der Waals surface area contributed by atoms with E-state index in [1.54, 1.807) is 0 Å². The number of rotatable bonds is 7. The van der Waals surface area contributed by atoms with Gasteiger partial charge in [-0.3, -0.25) is 0 Å². The van der Waals surface area contributed by atoms with Crippen molar-refractivity contribution in [3.63, 3.8) is 0 Å². The highest BCUT2D eigenvalue weighted by Crippen LogP contribution is 2.32. The van der Waals surface area contributed by atoms with E-state index in [0.717, 1.165) is 11.6 Å². The third-order valence-corrected chi connectivity index (χ3v) is 4.14. The van der Waals surface area contributed by atoms with Gasteiger partial charge < -0.3 is 15.3 Å². The molecule has 1 fully saturated rings. The van der Waals surface area contributed by atoms with Crippen molar-refractivity contribution in [2.45, 2.75) is 51.7 Å². The quantitative estimate of drug-likeness (QED) is 0.811. The van der Waals surface area contributed by atoms with Crippen molar-refractivity contribution in [1.82, 2.24) is 5.32 Å². The summed E-state index contributed by atoms with van der Waals surface area (Å²) in [5.41, 5.74) is 2.42. The monoisotopic (exact) mass is 296 g/mol. The molecule has 1 aliphatic rings. The van der Waals surface area contributed by atoms with Gasteiger partial charge in [0.15, 0.2) is 0 Å². The molecule has 1 saturated carbocycles. The molecule has 0 atom stereocenters. The largest absolute Gasteiger partial charge is 0.395 e. The van der Waals surface area contributed by atoms with Gasteiger partial charge in [-0.25, -0.2) is 0 Å². The zero-order chi connectivity index (χ0) is 14.5. The van der Waals surface area contributed by atoms with E-state index in [-0.39, 0.29) is 6.61 Å². The van der Waals surface area contributed by atoms with Crippen LogP contribution in [0.4, 0.5) is 5.69 Å². The Morgan fingerprint density at radius 2 is 2.15 bits per heavy atom. The van der Waals surface area contributed by atoms with Crippen LogP contribution in [-0.4, -0.2) is 30.3 Å². The number of hydrogen-bond acceptors (Lipinski definition) is 3. The first-order chi connectivity index (χ1) is 9.61. The van der Waals surface area contributed by atoms with E-state index in [1.807, 2.05) is 12.1 Å². The van der Waals surface area contributed by atoms with E-state index >= 15 is 0 Å². The molecule has 112 valence electrons. The summed E-state index contributed by atoms with van der Waals surface area (Å²) in [5.74, 6) is 0. The lowest BCUT2D eigenvalue weighted by molar-refractivity contribution is 0.283. The van der Waals surface area contributed by atoms with E-state index in [4.69, 9.17) is 11.6 Å². The van der Waals surface area contributed by atoms with Crippen LogP contribution in [0.15, 0.2) is 18.2 Å². The molecule has 0 saturated heterocycles. The van der Waals surface area contributed by atoms with E-state index < -0.39 is 0 Å². The maximum Gasteiger partial charge on any atom is 0.0606 e. The molecule has 1 aromatic carbocycles.